The maximum absolute atomic E-state index is 9.71. The first kappa shape index (κ1) is 31.8. The van der Waals surface area contributed by atoms with Gasteiger partial charge >= 0.3 is 0 Å². The average Bonchev–Trinajstić information content (AvgIpc) is 1.08. The molecule has 4 heteroatoms. The largest absolute Gasteiger partial charge is 0.310 e. The molecule has 0 spiro atoms. The molecule has 3 heterocycles. The Hall–Kier alpha value is -8.57. The molecule has 0 saturated heterocycles. The predicted octanol–water partition coefficient (Wildman–Crippen LogP) is 17.2. The summed E-state index contributed by atoms with van der Waals surface area (Å²) in [6, 6.07) is 49.1. The first-order chi connectivity index (χ1) is 42.2. The van der Waals surface area contributed by atoms with Crippen molar-refractivity contribution in [3.05, 3.63) is 260 Å². The lowest BCUT2D eigenvalue weighted by molar-refractivity contribution is 0.591. The second-order valence-electron chi connectivity index (χ2n) is 19.8. The first-order valence-corrected chi connectivity index (χ1v) is 25.4. The lowest BCUT2D eigenvalue weighted by Gasteiger charge is -2.42. The van der Waals surface area contributed by atoms with Gasteiger partial charge in [-0.2, -0.15) is 0 Å². The van der Waals surface area contributed by atoms with Crippen LogP contribution in [0.15, 0.2) is 264 Å². The molecule has 0 bridgehead atoms. The molecular weight excluding hydrogens is 912 g/mol. The van der Waals surface area contributed by atoms with Gasteiger partial charge < -0.3 is 9.47 Å². The molecule has 2 aliphatic heterocycles. The van der Waals surface area contributed by atoms with Gasteiger partial charge in [-0.15, -0.1) is 0 Å². The lowest BCUT2D eigenvalue weighted by Crippen LogP contribution is -2.60. The van der Waals surface area contributed by atoms with E-state index in [-0.39, 0.29) is 57.0 Å². The minimum atomic E-state index is -0.608. The molecule has 0 amide bonds. The van der Waals surface area contributed by atoms with E-state index >= 15 is 0 Å². The lowest BCUT2D eigenvalue weighted by atomic mass is 9.34. The van der Waals surface area contributed by atoms with Crippen molar-refractivity contribution < 1.29 is 19.2 Å². The summed E-state index contributed by atoms with van der Waals surface area (Å²) in [7, 11) is 0. The minimum Gasteiger partial charge on any atom is -0.310 e. The van der Waals surface area contributed by atoms with E-state index < -0.39 is 73.2 Å². The Kier molecular flexibility index (Phi) is 7.56. The van der Waals surface area contributed by atoms with Crippen molar-refractivity contribution in [3.8, 4) is 61.3 Å². The molecular formula is C70H51BN2S. The van der Waals surface area contributed by atoms with Gasteiger partial charge in [-0.1, -0.05) is 250 Å². The van der Waals surface area contributed by atoms with Gasteiger partial charge in [-0.05, 0) is 109 Å². The molecule has 11 aromatic carbocycles. The van der Waals surface area contributed by atoms with E-state index in [1.54, 1.807) is 18.2 Å². The quantitative estimate of drug-likeness (QED) is 0.147. The van der Waals surface area contributed by atoms with Crippen molar-refractivity contribution in [2.24, 2.45) is 0 Å². The van der Waals surface area contributed by atoms with Crippen LogP contribution < -0.4 is 21.3 Å². The SMILES string of the molecule is [2H]c1c([2H])c([2H])c(-c2cccc(-c3c([2H])c([2H])c([2H])c([2H])c3[2H])c2N2c3ccc(-c4ccccc4)cc3B3c4cc(-c5ccccc5-c5ccccc5)ccc4Sc4cc(-n5c6ccc(C(C)(C)C)cc6c6c([2H])c([2H])c([2H])c([2H])c65)cc2c43)c([2H])c1[2H]. The summed E-state index contributed by atoms with van der Waals surface area (Å²) in [6.45, 7) is 5.71. The zero-order valence-electron chi connectivity index (χ0n) is 54.5. The number of hydrogen-bond acceptors (Lipinski definition) is 2. The van der Waals surface area contributed by atoms with E-state index in [0.29, 0.717) is 33.4 Å². The Bertz CT molecular complexity index is 4860. The number of hydrogen-bond donors (Lipinski definition) is 0. The third kappa shape index (κ3) is 7.27. The van der Waals surface area contributed by atoms with Crippen molar-refractivity contribution >= 4 is 73.7 Å². The van der Waals surface area contributed by atoms with E-state index in [2.05, 4.69) is 75.4 Å². The van der Waals surface area contributed by atoms with Crippen molar-refractivity contribution in [3.63, 3.8) is 0 Å². The molecule has 0 radical (unpaired) electrons. The van der Waals surface area contributed by atoms with Crippen LogP contribution in [0.3, 0.4) is 0 Å². The van der Waals surface area contributed by atoms with Crippen molar-refractivity contribution in [2.75, 3.05) is 4.90 Å². The zero-order valence-corrected chi connectivity index (χ0v) is 41.4. The summed E-state index contributed by atoms with van der Waals surface area (Å²) in [5.41, 5.74) is 11.5. The van der Waals surface area contributed by atoms with Crippen LogP contribution in [-0.4, -0.2) is 11.3 Å². The summed E-state index contributed by atoms with van der Waals surface area (Å²) < 4.78 is 131. The van der Waals surface area contributed by atoms with Crippen LogP contribution >= 0.6 is 11.8 Å². The Morgan fingerprint density at radius 3 is 1.73 bits per heavy atom. The predicted molar refractivity (Wildman–Crippen MR) is 317 cm³/mol. The second-order valence-corrected chi connectivity index (χ2v) is 20.9. The molecule has 1 aromatic heterocycles. The van der Waals surface area contributed by atoms with Crippen LogP contribution in [0.25, 0.3) is 83.1 Å². The number of fused-ring (bicyclic) bond motifs is 7. The molecule has 74 heavy (non-hydrogen) atoms. The average molecular weight is 977 g/mol. The summed E-state index contributed by atoms with van der Waals surface area (Å²) in [6.07, 6.45) is 0. The molecule has 12 aromatic rings. The van der Waals surface area contributed by atoms with Crippen molar-refractivity contribution in [2.45, 2.75) is 36.0 Å². The highest BCUT2D eigenvalue weighted by molar-refractivity contribution is 8.00. The van der Waals surface area contributed by atoms with Gasteiger partial charge in [0.05, 0.1) is 35.9 Å². The van der Waals surface area contributed by atoms with Crippen LogP contribution in [-0.2, 0) is 5.41 Å². The maximum Gasteiger partial charge on any atom is 0.249 e. The number of para-hydroxylation sites is 2. The van der Waals surface area contributed by atoms with Crippen LogP contribution in [0.1, 0.15) is 45.5 Å². The van der Waals surface area contributed by atoms with Gasteiger partial charge in [0.15, 0.2) is 0 Å². The molecule has 14 rings (SSSR count). The fraction of sp³-hybridized carbons (Fsp3) is 0.0571. The van der Waals surface area contributed by atoms with Gasteiger partial charge in [-0.25, -0.2) is 0 Å². The monoisotopic (exact) mass is 976 g/mol. The fourth-order valence-electron chi connectivity index (χ4n) is 11.1. The normalized spacial score (nSPS) is 15.3. The molecule has 2 aliphatic rings. The molecule has 0 atom stereocenters. The van der Waals surface area contributed by atoms with Crippen molar-refractivity contribution in [1.82, 2.24) is 4.57 Å². The first-order valence-electron chi connectivity index (χ1n) is 31.6. The highest BCUT2D eigenvalue weighted by atomic mass is 32.2. The van der Waals surface area contributed by atoms with Crippen LogP contribution in [0, 0.1) is 0 Å². The fourth-order valence-corrected chi connectivity index (χ4v) is 12.3. The third-order valence-electron chi connectivity index (χ3n) is 14.5. The van der Waals surface area contributed by atoms with Gasteiger partial charge in [0.1, 0.15) is 0 Å². The molecule has 0 saturated carbocycles. The Labute approximate surface area is 458 Å². The summed E-state index contributed by atoms with van der Waals surface area (Å²) in [5, 5.41) is 0.953. The van der Waals surface area contributed by atoms with Crippen LogP contribution in [0.5, 0.6) is 0 Å². The van der Waals surface area contributed by atoms with Crippen molar-refractivity contribution in [1.29, 1.82) is 0 Å². The Balaban J connectivity index is 1.17. The van der Waals surface area contributed by atoms with Gasteiger partial charge in [0.2, 0.25) is 6.71 Å². The van der Waals surface area contributed by atoms with E-state index in [0.717, 1.165) is 65.1 Å². The zero-order chi connectivity index (χ0) is 61.7. The molecule has 0 fully saturated rings. The topological polar surface area (TPSA) is 8.17 Å². The van der Waals surface area contributed by atoms with Gasteiger partial charge in [-0.3, -0.25) is 0 Å². The summed E-state index contributed by atoms with van der Waals surface area (Å²) in [4.78, 5) is 3.66. The van der Waals surface area contributed by atoms with E-state index in [1.165, 1.54) is 11.8 Å². The number of rotatable bonds is 7. The number of nitrogens with zero attached hydrogens (tertiary/aromatic N) is 2. The number of benzene rings is 11. The third-order valence-corrected chi connectivity index (χ3v) is 15.7. The Morgan fingerprint density at radius 1 is 0.419 bits per heavy atom. The van der Waals surface area contributed by atoms with Gasteiger partial charge in [0.25, 0.3) is 0 Å². The van der Waals surface area contributed by atoms with Crippen LogP contribution in [0.2, 0.25) is 0 Å². The Morgan fingerprint density at radius 2 is 1.03 bits per heavy atom. The highest BCUT2D eigenvalue weighted by Gasteiger charge is 2.43. The maximum atomic E-state index is 9.71. The van der Waals surface area contributed by atoms with E-state index in [9.17, 15) is 8.22 Å². The number of aromatic nitrogens is 1. The van der Waals surface area contributed by atoms with Gasteiger partial charge in [0, 0.05) is 48.8 Å². The smallest absolute Gasteiger partial charge is 0.249 e. The van der Waals surface area contributed by atoms with Crippen LogP contribution in [0.4, 0.5) is 17.1 Å². The molecule has 0 aliphatic carbocycles. The van der Waals surface area contributed by atoms with E-state index in [1.807, 2.05) is 107 Å². The second kappa shape index (κ2) is 17.6. The molecule has 2 nitrogen and oxygen atoms in total. The summed E-state index contributed by atoms with van der Waals surface area (Å²) in [5.74, 6) is 0. The molecule has 0 N–H and O–H groups in total. The summed E-state index contributed by atoms with van der Waals surface area (Å²) >= 11 is 1.54. The highest BCUT2D eigenvalue weighted by Crippen LogP contribution is 2.51. The minimum absolute atomic E-state index is 0.112. The molecule has 350 valence electrons. The standard InChI is InChI=1S/C70H51BN2S/c1-70(2,3)52-37-39-63-59(43-52)58-31-18-19-34-62(58)72(63)53-44-65-68-67(45-53)74-66-40-36-51(55-30-17-16-29-54(55)47-23-10-5-11-24-47)42-61(66)71(68)60-41-50(46-21-8-4-9-22-46)35-38-64(60)73(65)69-56(48-25-12-6-13-26-48)32-20-33-57(69)49-27-14-7-15-28-49/h4-45H,1-3H3/i6D,7D,12D,13D,14D,15D,18D,19D,25D,26D,27D,28D,31D,34D. The molecule has 0 unspecified atom stereocenters. The van der Waals surface area contributed by atoms with E-state index in [4.69, 9.17) is 11.0 Å². The number of anilines is 3.